The lowest BCUT2D eigenvalue weighted by Crippen LogP contribution is -2.25. The number of benzene rings is 2. The molecule has 1 nitrogen and oxygen atoms in total. The van der Waals surface area contributed by atoms with Gasteiger partial charge in [-0.25, -0.2) is 0 Å². The van der Waals surface area contributed by atoms with Crippen molar-refractivity contribution in [1.29, 1.82) is 0 Å². The molecule has 1 N–H and O–H groups in total. The maximum Gasteiger partial charge on any atom is 0.0919 e. The highest BCUT2D eigenvalue weighted by Crippen LogP contribution is 2.32. The van der Waals surface area contributed by atoms with Crippen LogP contribution in [0.5, 0.6) is 0 Å². The molecule has 0 fully saturated rings. The number of rotatable bonds is 3. The Balaban J connectivity index is 2.36. The predicted molar refractivity (Wildman–Crippen MR) is 83.3 cm³/mol. The molecule has 0 aliphatic rings. The van der Waals surface area contributed by atoms with Crippen molar-refractivity contribution < 1.29 is 5.11 Å². The molecular weight excluding hydrogens is 300 g/mol. The Labute approximate surface area is 123 Å². The van der Waals surface area contributed by atoms with Crippen molar-refractivity contribution in [3.8, 4) is 0 Å². The van der Waals surface area contributed by atoms with Crippen LogP contribution in [0.2, 0.25) is 0 Å². The number of aryl methyl sites for hydroxylation is 2. The fraction of sp³-hybridized carbons (Fsp3) is 0.294. The van der Waals surface area contributed by atoms with Gasteiger partial charge in [-0.2, -0.15) is 0 Å². The maximum absolute atomic E-state index is 10.8. The first-order chi connectivity index (χ1) is 8.90. The summed E-state index contributed by atoms with van der Waals surface area (Å²) < 4.78 is 0.949. The average molecular weight is 319 g/mol. The van der Waals surface area contributed by atoms with Crippen LogP contribution in [0.3, 0.4) is 0 Å². The summed E-state index contributed by atoms with van der Waals surface area (Å²) in [6.45, 7) is 6.04. The summed E-state index contributed by atoms with van der Waals surface area (Å²) in [6, 6.07) is 14.2. The minimum absolute atomic E-state index is 0.614. The van der Waals surface area contributed by atoms with Crippen molar-refractivity contribution in [2.75, 3.05) is 0 Å². The van der Waals surface area contributed by atoms with Crippen molar-refractivity contribution in [2.45, 2.75) is 32.8 Å². The third-order valence-corrected chi connectivity index (χ3v) is 4.18. The maximum atomic E-state index is 10.8. The first kappa shape index (κ1) is 14.3. The van der Waals surface area contributed by atoms with Crippen LogP contribution in [-0.4, -0.2) is 5.11 Å². The smallest absolute Gasteiger partial charge is 0.0919 e. The average Bonchev–Trinajstić information content (AvgIpc) is 2.34. The molecule has 19 heavy (non-hydrogen) atoms. The lowest BCUT2D eigenvalue weighted by Gasteiger charge is -2.26. The highest BCUT2D eigenvalue weighted by atomic mass is 79.9. The van der Waals surface area contributed by atoms with Crippen LogP contribution in [0.25, 0.3) is 0 Å². The van der Waals surface area contributed by atoms with E-state index in [4.69, 9.17) is 0 Å². The summed E-state index contributed by atoms with van der Waals surface area (Å²) in [5.74, 6) is 0. The van der Waals surface area contributed by atoms with Gasteiger partial charge < -0.3 is 5.11 Å². The molecule has 1 atom stereocenters. The van der Waals surface area contributed by atoms with Gasteiger partial charge in [0.15, 0.2) is 0 Å². The number of hydrogen-bond acceptors (Lipinski definition) is 1. The normalized spacial score (nSPS) is 14.2. The predicted octanol–water partition coefficient (Wildman–Crippen LogP) is 4.52. The van der Waals surface area contributed by atoms with Gasteiger partial charge in [0.1, 0.15) is 0 Å². The van der Waals surface area contributed by atoms with E-state index < -0.39 is 5.60 Å². The summed E-state index contributed by atoms with van der Waals surface area (Å²) in [4.78, 5) is 0. The lowest BCUT2D eigenvalue weighted by molar-refractivity contribution is 0.0567. The van der Waals surface area contributed by atoms with E-state index in [9.17, 15) is 5.11 Å². The minimum atomic E-state index is -0.876. The second-order valence-corrected chi connectivity index (χ2v) is 6.21. The molecule has 0 radical (unpaired) electrons. The Hall–Kier alpha value is -1.12. The molecule has 0 heterocycles. The van der Waals surface area contributed by atoms with Crippen molar-refractivity contribution in [3.05, 3.63) is 69.2 Å². The van der Waals surface area contributed by atoms with Gasteiger partial charge in [0.25, 0.3) is 0 Å². The summed E-state index contributed by atoms with van der Waals surface area (Å²) in [5.41, 5.74) is 3.69. The highest BCUT2D eigenvalue weighted by Gasteiger charge is 2.26. The molecule has 2 aromatic carbocycles. The van der Waals surface area contributed by atoms with E-state index in [2.05, 4.69) is 48.0 Å². The van der Waals surface area contributed by atoms with Crippen LogP contribution in [0.4, 0.5) is 0 Å². The minimum Gasteiger partial charge on any atom is -0.385 e. The van der Waals surface area contributed by atoms with Crippen LogP contribution < -0.4 is 0 Å². The second kappa shape index (κ2) is 5.48. The SMILES string of the molecule is Cc1ccc(C)c(CC(C)(O)c2ccccc2Br)c1. The van der Waals surface area contributed by atoms with E-state index in [1.54, 1.807) is 0 Å². The zero-order valence-corrected chi connectivity index (χ0v) is 13.2. The molecule has 2 rings (SSSR count). The standard InChI is InChI=1S/C17H19BrO/c1-12-8-9-13(2)14(10-12)11-17(3,19)15-6-4-5-7-16(15)18/h4-10,19H,11H2,1-3H3. The van der Waals surface area contributed by atoms with E-state index in [0.29, 0.717) is 6.42 Å². The van der Waals surface area contributed by atoms with Gasteiger partial charge in [-0.3, -0.25) is 0 Å². The highest BCUT2D eigenvalue weighted by molar-refractivity contribution is 9.10. The van der Waals surface area contributed by atoms with Crippen molar-refractivity contribution in [2.24, 2.45) is 0 Å². The molecule has 0 aliphatic heterocycles. The Bertz CT molecular complexity index is 588. The van der Waals surface area contributed by atoms with Gasteiger partial charge in [-0.05, 0) is 43.5 Å². The summed E-state index contributed by atoms with van der Waals surface area (Å²) in [5, 5.41) is 10.8. The van der Waals surface area contributed by atoms with Gasteiger partial charge in [0.05, 0.1) is 5.60 Å². The first-order valence-corrected chi connectivity index (χ1v) is 7.23. The van der Waals surface area contributed by atoms with Crippen LogP contribution in [-0.2, 0) is 12.0 Å². The van der Waals surface area contributed by atoms with Gasteiger partial charge in [0, 0.05) is 10.9 Å². The zero-order chi connectivity index (χ0) is 14.0. The second-order valence-electron chi connectivity index (χ2n) is 5.36. The molecule has 0 saturated carbocycles. The molecule has 0 aromatic heterocycles. The fourth-order valence-corrected chi connectivity index (χ4v) is 3.07. The lowest BCUT2D eigenvalue weighted by atomic mass is 9.87. The molecule has 2 aromatic rings. The van der Waals surface area contributed by atoms with E-state index in [1.807, 2.05) is 31.2 Å². The third-order valence-electron chi connectivity index (χ3n) is 3.49. The Kier molecular flexibility index (Phi) is 4.12. The molecule has 2 heteroatoms. The van der Waals surface area contributed by atoms with Crippen LogP contribution in [0.1, 0.15) is 29.2 Å². The van der Waals surface area contributed by atoms with Gasteiger partial charge in [-0.1, -0.05) is 57.9 Å². The molecule has 0 aliphatic carbocycles. The van der Waals surface area contributed by atoms with Gasteiger partial charge in [-0.15, -0.1) is 0 Å². The van der Waals surface area contributed by atoms with Gasteiger partial charge >= 0.3 is 0 Å². The third kappa shape index (κ3) is 3.26. The van der Waals surface area contributed by atoms with E-state index in [0.717, 1.165) is 10.0 Å². The van der Waals surface area contributed by atoms with Crippen molar-refractivity contribution in [3.63, 3.8) is 0 Å². The fourth-order valence-electron chi connectivity index (χ4n) is 2.35. The number of halogens is 1. The van der Waals surface area contributed by atoms with Crippen molar-refractivity contribution >= 4 is 15.9 Å². The first-order valence-electron chi connectivity index (χ1n) is 6.44. The molecule has 1 unspecified atom stereocenters. The molecule has 0 saturated heterocycles. The number of aliphatic hydroxyl groups is 1. The van der Waals surface area contributed by atoms with E-state index in [-0.39, 0.29) is 0 Å². The Morgan fingerprint density at radius 2 is 1.79 bits per heavy atom. The summed E-state index contributed by atoms with van der Waals surface area (Å²) in [6.07, 6.45) is 0.614. The molecule has 100 valence electrons. The van der Waals surface area contributed by atoms with Crippen LogP contribution in [0.15, 0.2) is 46.9 Å². The van der Waals surface area contributed by atoms with Crippen LogP contribution in [0, 0.1) is 13.8 Å². The largest absolute Gasteiger partial charge is 0.385 e. The molecular formula is C17H19BrO. The monoisotopic (exact) mass is 318 g/mol. The van der Waals surface area contributed by atoms with Gasteiger partial charge in [0.2, 0.25) is 0 Å². The van der Waals surface area contributed by atoms with E-state index in [1.165, 1.54) is 16.7 Å². The van der Waals surface area contributed by atoms with E-state index >= 15 is 0 Å². The topological polar surface area (TPSA) is 20.2 Å². The molecule has 0 spiro atoms. The molecule has 0 bridgehead atoms. The van der Waals surface area contributed by atoms with Crippen molar-refractivity contribution in [1.82, 2.24) is 0 Å². The molecule has 0 amide bonds. The van der Waals surface area contributed by atoms with Crippen LogP contribution >= 0.6 is 15.9 Å². The summed E-state index contributed by atoms with van der Waals surface area (Å²) >= 11 is 3.52. The number of hydrogen-bond donors (Lipinski definition) is 1. The zero-order valence-electron chi connectivity index (χ0n) is 11.6. The Morgan fingerprint density at radius 1 is 1.11 bits per heavy atom. The quantitative estimate of drug-likeness (QED) is 0.882. The Morgan fingerprint density at radius 3 is 2.47 bits per heavy atom. The summed E-state index contributed by atoms with van der Waals surface area (Å²) in [7, 11) is 0.